The molecule has 0 aliphatic heterocycles. The molecule has 0 saturated heterocycles. The number of nitrogens with one attached hydrogen (secondary N) is 1. The van der Waals surface area contributed by atoms with Gasteiger partial charge in [0.05, 0.1) is 12.1 Å². The quantitative estimate of drug-likeness (QED) is 0.334. The van der Waals surface area contributed by atoms with Crippen LogP contribution in [0.2, 0.25) is 5.02 Å². The maximum absolute atomic E-state index is 10.4. The van der Waals surface area contributed by atoms with Gasteiger partial charge in [-0.15, -0.1) is 0 Å². The van der Waals surface area contributed by atoms with Crippen molar-refractivity contribution in [3.63, 3.8) is 0 Å². The first-order chi connectivity index (χ1) is 13.5. The molecule has 3 rings (SSSR count). The Morgan fingerprint density at radius 2 is 2.07 bits per heavy atom. The highest BCUT2D eigenvalue weighted by Gasteiger charge is 2.19. The molecule has 2 N–H and O–H groups in total. The third-order valence-corrected chi connectivity index (χ3v) is 4.86. The molecule has 0 saturated carbocycles. The lowest BCUT2D eigenvalue weighted by atomic mass is 10.0. The van der Waals surface area contributed by atoms with Crippen LogP contribution in [0, 0.1) is 6.92 Å². The second kappa shape index (κ2) is 8.80. The normalized spacial score (nSPS) is 11.2. The number of oxime groups is 1. The van der Waals surface area contributed by atoms with E-state index >= 15 is 0 Å². The second-order valence-electron chi connectivity index (χ2n) is 6.35. The number of carbonyl (C=O) groups is 1. The van der Waals surface area contributed by atoms with Gasteiger partial charge in [-0.05, 0) is 24.1 Å². The van der Waals surface area contributed by atoms with Gasteiger partial charge in [-0.2, -0.15) is 0 Å². The smallest absolute Gasteiger partial charge is 0.350 e. The van der Waals surface area contributed by atoms with Gasteiger partial charge in [-0.1, -0.05) is 47.1 Å². The number of hydrogen-bond acceptors (Lipinski definition) is 4. The molecule has 146 valence electrons. The standard InChI is InChI=1S/C21H21ClN2O4/c1-13-16(8-9-28-23-12-18(25)26)19-17(24-13)11-15(21(27-2)20(19)22)10-14-6-4-3-5-7-14/h3-7,11-12,24H,8-10H2,1-2H3,(H,25,26). The van der Waals surface area contributed by atoms with Crippen LogP contribution >= 0.6 is 11.6 Å². The summed E-state index contributed by atoms with van der Waals surface area (Å²) in [6, 6.07) is 12.2. The van der Waals surface area contributed by atoms with Gasteiger partial charge in [-0.25, -0.2) is 4.79 Å². The predicted molar refractivity (Wildman–Crippen MR) is 110 cm³/mol. The summed E-state index contributed by atoms with van der Waals surface area (Å²) in [7, 11) is 1.62. The molecule has 0 aliphatic carbocycles. The van der Waals surface area contributed by atoms with E-state index < -0.39 is 5.97 Å². The van der Waals surface area contributed by atoms with Crippen molar-refractivity contribution in [3.05, 3.63) is 63.8 Å². The van der Waals surface area contributed by atoms with E-state index in [1.54, 1.807) is 7.11 Å². The Balaban J connectivity index is 1.92. The Morgan fingerprint density at radius 3 is 2.75 bits per heavy atom. The Morgan fingerprint density at radius 1 is 1.32 bits per heavy atom. The molecule has 0 aliphatic rings. The van der Waals surface area contributed by atoms with Gasteiger partial charge in [0.15, 0.2) is 6.21 Å². The number of carboxylic acid groups (broad SMARTS) is 1. The number of halogens is 1. The zero-order valence-electron chi connectivity index (χ0n) is 15.7. The molecule has 3 aromatic rings. The number of ether oxygens (including phenoxy) is 1. The zero-order chi connectivity index (χ0) is 20.1. The first-order valence-corrected chi connectivity index (χ1v) is 9.17. The summed E-state index contributed by atoms with van der Waals surface area (Å²) >= 11 is 6.72. The third-order valence-electron chi connectivity index (χ3n) is 4.50. The van der Waals surface area contributed by atoms with Crippen LogP contribution in [0.25, 0.3) is 10.9 Å². The number of fused-ring (bicyclic) bond motifs is 1. The average molecular weight is 401 g/mol. The van der Waals surface area contributed by atoms with E-state index in [1.807, 2.05) is 25.1 Å². The highest BCUT2D eigenvalue weighted by molar-refractivity contribution is 6.37. The van der Waals surface area contributed by atoms with Gasteiger partial charge in [0, 0.05) is 35.0 Å². The molecule has 1 aromatic heterocycles. The molecule has 0 radical (unpaired) electrons. The van der Waals surface area contributed by atoms with Crippen molar-refractivity contribution < 1.29 is 19.5 Å². The summed E-state index contributed by atoms with van der Waals surface area (Å²) < 4.78 is 5.62. The molecule has 0 fully saturated rings. The average Bonchev–Trinajstić information content (AvgIpc) is 2.98. The topological polar surface area (TPSA) is 83.9 Å². The van der Waals surface area contributed by atoms with Gasteiger partial charge in [0.2, 0.25) is 0 Å². The minimum atomic E-state index is -1.15. The van der Waals surface area contributed by atoms with Crippen molar-refractivity contribution in [2.24, 2.45) is 5.16 Å². The molecule has 2 aromatic carbocycles. The van der Waals surface area contributed by atoms with Gasteiger partial charge in [0.1, 0.15) is 12.4 Å². The van der Waals surface area contributed by atoms with Crippen LogP contribution in [0.1, 0.15) is 22.4 Å². The summed E-state index contributed by atoms with van der Waals surface area (Å²) in [5.74, 6) is -0.495. The molecule has 0 atom stereocenters. The van der Waals surface area contributed by atoms with Crippen LogP contribution in [0.5, 0.6) is 5.75 Å². The highest BCUT2D eigenvalue weighted by atomic mass is 35.5. The van der Waals surface area contributed by atoms with E-state index in [2.05, 4.69) is 28.3 Å². The van der Waals surface area contributed by atoms with Gasteiger partial charge < -0.3 is 19.7 Å². The fourth-order valence-electron chi connectivity index (χ4n) is 3.31. The molecule has 0 bridgehead atoms. The molecule has 7 heteroatoms. The maximum Gasteiger partial charge on any atom is 0.350 e. The number of carboxylic acids is 1. The fourth-order valence-corrected chi connectivity index (χ4v) is 3.72. The zero-order valence-corrected chi connectivity index (χ0v) is 16.4. The van der Waals surface area contributed by atoms with Crippen LogP contribution in [-0.2, 0) is 22.5 Å². The van der Waals surface area contributed by atoms with Crippen LogP contribution in [-0.4, -0.2) is 36.0 Å². The fraction of sp³-hybridized carbons (Fsp3) is 0.238. The van der Waals surface area contributed by atoms with Crippen molar-refractivity contribution >= 4 is 34.7 Å². The lowest BCUT2D eigenvalue weighted by Crippen LogP contribution is -2.00. The van der Waals surface area contributed by atoms with E-state index in [-0.39, 0.29) is 6.61 Å². The molecule has 0 spiro atoms. The van der Waals surface area contributed by atoms with E-state index in [0.717, 1.165) is 27.7 Å². The van der Waals surface area contributed by atoms with Crippen molar-refractivity contribution in [1.29, 1.82) is 0 Å². The number of hydrogen-bond donors (Lipinski definition) is 2. The van der Waals surface area contributed by atoms with Crippen molar-refractivity contribution in [1.82, 2.24) is 4.98 Å². The number of benzene rings is 2. The molecular weight excluding hydrogens is 380 g/mol. The molecule has 0 unspecified atom stereocenters. The van der Waals surface area contributed by atoms with Gasteiger partial charge in [-0.3, -0.25) is 0 Å². The van der Waals surface area contributed by atoms with Crippen molar-refractivity contribution in [2.75, 3.05) is 13.7 Å². The molecular formula is C21H21ClN2O4. The molecule has 6 nitrogen and oxygen atoms in total. The van der Waals surface area contributed by atoms with Crippen molar-refractivity contribution in [3.8, 4) is 5.75 Å². The minimum absolute atomic E-state index is 0.238. The van der Waals surface area contributed by atoms with Gasteiger partial charge in [0.25, 0.3) is 0 Å². The SMILES string of the molecule is COc1c(Cc2ccccc2)cc2[nH]c(C)c(CCON=CC(=O)O)c2c1Cl. The Labute approximate surface area is 167 Å². The van der Waals surface area contributed by atoms with Gasteiger partial charge >= 0.3 is 5.97 Å². The summed E-state index contributed by atoms with van der Waals surface area (Å²) in [4.78, 5) is 18.8. The number of aromatic amines is 1. The van der Waals surface area contributed by atoms with Crippen LogP contribution in [0.15, 0.2) is 41.6 Å². The summed E-state index contributed by atoms with van der Waals surface area (Å²) in [6.07, 6.45) is 1.96. The number of aryl methyl sites for hydroxylation is 1. The monoisotopic (exact) mass is 400 g/mol. The highest BCUT2D eigenvalue weighted by Crippen LogP contribution is 2.40. The first-order valence-electron chi connectivity index (χ1n) is 8.80. The molecule has 0 amide bonds. The maximum atomic E-state index is 10.4. The van der Waals surface area contributed by atoms with Crippen LogP contribution in [0.3, 0.4) is 0 Å². The summed E-state index contributed by atoms with van der Waals surface area (Å²) in [5.41, 5.74) is 5.07. The summed E-state index contributed by atoms with van der Waals surface area (Å²) in [6.45, 7) is 2.21. The Kier molecular flexibility index (Phi) is 6.21. The van der Waals surface area contributed by atoms with E-state index in [0.29, 0.717) is 29.8 Å². The number of H-pyrrole nitrogens is 1. The first kappa shape index (κ1) is 19.8. The second-order valence-corrected chi connectivity index (χ2v) is 6.73. The number of aromatic nitrogens is 1. The van der Waals surface area contributed by atoms with E-state index in [4.69, 9.17) is 26.3 Å². The number of rotatable bonds is 8. The largest absolute Gasteiger partial charge is 0.495 e. The lowest BCUT2D eigenvalue weighted by molar-refractivity contribution is -0.129. The Bertz CT molecular complexity index is 1010. The summed E-state index contributed by atoms with van der Waals surface area (Å²) in [5, 5.41) is 13.4. The minimum Gasteiger partial charge on any atom is -0.495 e. The third kappa shape index (κ3) is 4.28. The number of methoxy groups -OCH3 is 1. The van der Waals surface area contributed by atoms with Crippen LogP contribution in [0.4, 0.5) is 0 Å². The van der Waals surface area contributed by atoms with Crippen molar-refractivity contribution in [2.45, 2.75) is 19.8 Å². The van der Waals surface area contributed by atoms with E-state index in [9.17, 15) is 4.79 Å². The number of aliphatic carboxylic acids is 1. The Hall–Kier alpha value is -2.99. The predicted octanol–water partition coefficient (Wildman–Crippen LogP) is 4.36. The number of nitrogens with zero attached hydrogens (tertiary/aromatic N) is 1. The molecule has 1 heterocycles. The van der Waals surface area contributed by atoms with E-state index in [1.165, 1.54) is 5.56 Å². The lowest BCUT2D eigenvalue weighted by Gasteiger charge is -2.13. The van der Waals surface area contributed by atoms with Crippen LogP contribution < -0.4 is 4.74 Å². The molecule has 28 heavy (non-hydrogen) atoms.